The minimum absolute atomic E-state index is 0.0574. The monoisotopic (exact) mass is 228 g/mol. The van der Waals surface area contributed by atoms with E-state index < -0.39 is 0 Å². The molecular weight excluding hydrogens is 204 g/mol. The smallest absolute Gasteiger partial charge is 0.240 e. The zero-order chi connectivity index (χ0) is 12.3. The quantitative estimate of drug-likeness (QED) is 0.784. The van der Waals surface area contributed by atoms with Crippen LogP contribution in [0.15, 0.2) is 0 Å². The summed E-state index contributed by atoms with van der Waals surface area (Å²) in [6.07, 6.45) is 0.742. The molecule has 0 aliphatic carbocycles. The van der Waals surface area contributed by atoms with E-state index >= 15 is 0 Å². The summed E-state index contributed by atoms with van der Waals surface area (Å²) in [5, 5.41) is 0. The van der Waals surface area contributed by atoms with Crippen LogP contribution in [0.4, 0.5) is 0 Å². The van der Waals surface area contributed by atoms with E-state index in [1.54, 1.807) is 0 Å². The van der Waals surface area contributed by atoms with Gasteiger partial charge in [0.15, 0.2) is 0 Å². The molecule has 1 aliphatic rings. The summed E-state index contributed by atoms with van der Waals surface area (Å²) in [6, 6.07) is -0.377. The largest absolute Gasteiger partial charge is 0.377 e. The second-order valence-electron chi connectivity index (χ2n) is 5.59. The Balaban J connectivity index is 2.64. The summed E-state index contributed by atoms with van der Waals surface area (Å²) in [5.41, 5.74) is 5.71. The Kier molecular flexibility index (Phi) is 4.33. The van der Waals surface area contributed by atoms with Gasteiger partial charge in [-0.15, -0.1) is 0 Å². The van der Waals surface area contributed by atoms with Crippen molar-refractivity contribution in [1.29, 1.82) is 0 Å². The Morgan fingerprint density at radius 1 is 1.50 bits per heavy atom. The normalized spacial score (nSPS) is 22.2. The van der Waals surface area contributed by atoms with Crippen LogP contribution in [0.3, 0.4) is 0 Å². The zero-order valence-electron chi connectivity index (χ0n) is 10.8. The molecule has 4 nitrogen and oxygen atoms in total. The lowest BCUT2D eigenvalue weighted by Crippen LogP contribution is -2.59. The lowest BCUT2D eigenvalue weighted by molar-refractivity contribution is -0.148. The average molecular weight is 228 g/mol. The molecule has 0 aromatic rings. The number of nitrogens with two attached hydrogens (primary N) is 1. The van der Waals surface area contributed by atoms with E-state index in [1.807, 2.05) is 18.7 Å². The molecule has 1 aliphatic heterocycles. The summed E-state index contributed by atoms with van der Waals surface area (Å²) in [6.45, 7) is 10.1. The second-order valence-corrected chi connectivity index (χ2v) is 5.59. The molecule has 4 heteroatoms. The zero-order valence-corrected chi connectivity index (χ0v) is 10.8. The molecule has 1 heterocycles. The number of hydrogen-bond donors (Lipinski definition) is 1. The van der Waals surface area contributed by atoms with Gasteiger partial charge in [0.2, 0.25) is 5.91 Å². The van der Waals surface area contributed by atoms with Crippen molar-refractivity contribution < 1.29 is 9.53 Å². The first kappa shape index (κ1) is 13.5. The van der Waals surface area contributed by atoms with Gasteiger partial charge in [0.1, 0.15) is 0 Å². The number of hydrogen-bond acceptors (Lipinski definition) is 3. The summed E-state index contributed by atoms with van der Waals surface area (Å²) in [4.78, 5) is 14.1. The van der Waals surface area contributed by atoms with Gasteiger partial charge in [-0.05, 0) is 26.2 Å². The van der Waals surface area contributed by atoms with Crippen LogP contribution in [0.2, 0.25) is 0 Å². The maximum atomic E-state index is 12.2. The van der Waals surface area contributed by atoms with Gasteiger partial charge in [-0.2, -0.15) is 0 Å². The van der Waals surface area contributed by atoms with Crippen LogP contribution >= 0.6 is 0 Å². The third-order valence-corrected chi connectivity index (χ3v) is 2.95. The molecule has 0 radical (unpaired) electrons. The number of rotatable bonds is 3. The van der Waals surface area contributed by atoms with E-state index in [4.69, 9.17) is 10.5 Å². The van der Waals surface area contributed by atoms with Gasteiger partial charge in [-0.1, -0.05) is 13.8 Å². The van der Waals surface area contributed by atoms with Gasteiger partial charge in [-0.25, -0.2) is 0 Å². The fraction of sp³-hybridized carbons (Fsp3) is 0.917. The van der Waals surface area contributed by atoms with Crippen molar-refractivity contribution in [2.24, 2.45) is 11.7 Å². The molecule has 94 valence electrons. The Morgan fingerprint density at radius 3 is 2.62 bits per heavy atom. The summed E-state index contributed by atoms with van der Waals surface area (Å²) >= 11 is 0. The number of nitrogens with zero attached hydrogens (tertiary/aromatic N) is 1. The average Bonchev–Trinajstić information content (AvgIpc) is 2.15. The molecule has 2 N–H and O–H groups in total. The van der Waals surface area contributed by atoms with Crippen LogP contribution in [0.1, 0.15) is 34.1 Å². The van der Waals surface area contributed by atoms with Gasteiger partial charge >= 0.3 is 0 Å². The molecule has 0 saturated carbocycles. The molecule has 1 saturated heterocycles. The van der Waals surface area contributed by atoms with Crippen molar-refractivity contribution in [3.05, 3.63) is 0 Å². The SMILES string of the molecule is CC(C)C[C@H](N)C(=O)N1CCOCC1(C)C. The van der Waals surface area contributed by atoms with Crippen LogP contribution in [0.5, 0.6) is 0 Å². The molecule has 16 heavy (non-hydrogen) atoms. The van der Waals surface area contributed by atoms with E-state index in [9.17, 15) is 4.79 Å². The number of ether oxygens (including phenoxy) is 1. The first-order chi connectivity index (χ1) is 7.34. The van der Waals surface area contributed by atoms with Gasteiger partial charge < -0.3 is 15.4 Å². The Labute approximate surface area is 98.1 Å². The van der Waals surface area contributed by atoms with Gasteiger partial charge in [0.05, 0.1) is 24.8 Å². The molecule has 1 atom stereocenters. The van der Waals surface area contributed by atoms with Crippen molar-refractivity contribution in [3.63, 3.8) is 0 Å². The predicted octanol–water partition coefficient (Wildman–Crippen LogP) is 0.997. The fourth-order valence-corrected chi connectivity index (χ4v) is 2.08. The van der Waals surface area contributed by atoms with E-state index in [2.05, 4.69) is 13.8 Å². The highest BCUT2D eigenvalue weighted by molar-refractivity contribution is 5.82. The minimum atomic E-state index is -0.377. The highest BCUT2D eigenvalue weighted by Gasteiger charge is 2.36. The molecular formula is C12H24N2O2. The molecule has 0 bridgehead atoms. The number of morpholine rings is 1. The standard InChI is InChI=1S/C12H24N2O2/c1-9(2)7-10(13)11(15)14-5-6-16-8-12(14,3)4/h9-10H,5-8,13H2,1-4H3/t10-/m0/s1. The Hall–Kier alpha value is -0.610. The van der Waals surface area contributed by atoms with E-state index in [1.165, 1.54) is 0 Å². The predicted molar refractivity (Wildman–Crippen MR) is 64.0 cm³/mol. The highest BCUT2D eigenvalue weighted by Crippen LogP contribution is 2.20. The first-order valence-corrected chi connectivity index (χ1v) is 5.99. The van der Waals surface area contributed by atoms with Crippen molar-refractivity contribution in [1.82, 2.24) is 4.90 Å². The van der Waals surface area contributed by atoms with Gasteiger partial charge in [0, 0.05) is 6.54 Å². The van der Waals surface area contributed by atoms with E-state index in [-0.39, 0.29) is 17.5 Å². The summed E-state index contributed by atoms with van der Waals surface area (Å²) < 4.78 is 5.39. The van der Waals surface area contributed by atoms with Gasteiger partial charge in [0.25, 0.3) is 0 Å². The van der Waals surface area contributed by atoms with Crippen molar-refractivity contribution >= 4 is 5.91 Å². The summed E-state index contributed by atoms with van der Waals surface area (Å²) in [7, 11) is 0. The number of carbonyl (C=O) groups is 1. The van der Waals surface area contributed by atoms with Crippen molar-refractivity contribution in [2.75, 3.05) is 19.8 Å². The molecule has 0 aromatic heterocycles. The Morgan fingerprint density at radius 2 is 2.12 bits per heavy atom. The van der Waals surface area contributed by atoms with Crippen molar-refractivity contribution in [2.45, 2.75) is 45.7 Å². The first-order valence-electron chi connectivity index (χ1n) is 5.99. The van der Waals surface area contributed by atoms with Crippen LogP contribution in [-0.2, 0) is 9.53 Å². The minimum Gasteiger partial charge on any atom is -0.377 e. The highest BCUT2D eigenvalue weighted by atomic mass is 16.5. The van der Waals surface area contributed by atoms with E-state index in [0.717, 1.165) is 6.42 Å². The third kappa shape index (κ3) is 3.19. The molecule has 0 aromatic carbocycles. The molecule has 0 unspecified atom stereocenters. The molecule has 0 spiro atoms. The molecule has 1 rings (SSSR count). The van der Waals surface area contributed by atoms with E-state index in [0.29, 0.717) is 25.7 Å². The maximum absolute atomic E-state index is 12.2. The number of amides is 1. The topological polar surface area (TPSA) is 55.6 Å². The van der Waals surface area contributed by atoms with Crippen LogP contribution in [0.25, 0.3) is 0 Å². The lowest BCUT2D eigenvalue weighted by atomic mass is 9.98. The van der Waals surface area contributed by atoms with Gasteiger partial charge in [-0.3, -0.25) is 4.79 Å². The summed E-state index contributed by atoms with van der Waals surface area (Å²) in [5.74, 6) is 0.505. The molecule has 1 amide bonds. The second kappa shape index (κ2) is 5.15. The number of carbonyl (C=O) groups excluding carboxylic acids is 1. The lowest BCUT2D eigenvalue weighted by Gasteiger charge is -2.43. The fourth-order valence-electron chi connectivity index (χ4n) is 2.08. The third-order valence-electron chi connectivity index (χ3n) is 2.95. The maximum Gasteiger partial charge on any atom is 0.240 e. The Bertz CT molecular complexity index is 251. The molecule has 1 fully saturated rings. The van der Waals surface area contributed by atoms with Crippen LogP contribution in [0, 0.1) is 5.92 Å². The van der Waals surface area contributed by atoms with Crippen molar-refractivity contribution in [3.8, 4) is 0 Å². The van der Waals surface area contributed by atoms with Crippen LogP contribution < -0.4 is 5.73 Å². The van der Waals surface area contributed by atoms with Crippen LogP contribution in [-0.4, -0.2) is 42.1 Å².